The fourth-order valence-corrected chi connectivity index (χ4v) is 2.66. The molecule has 0 spiro atoms. The number of benzene rings is 3. The van der Waals surface area contributed by atoms with Gasteiger partial charge in [-0.1, -0.05) is 72.8 Å². The third kappa shape index (κ3) is 2.50. The average Bonchev–Trinajstić information content (AvgIpc) is 2.47. The van der Waals surface area contributed by atoms with E-state index in [1.807, 2.05) is 0 Å². The second-order valence-corrected chi connectivity index (χ2v) is 5.27. The van der Waals surface area contributed by atoms with Crippen LogP contribution >= 0.6 is 0 Å². The topological polar surface area (TPSA) is 0 Å². The molecular formula is C20H18. The highest BCUT2D eigenvalue weighted by Crippen LogP contribution is 2.27. The van der Waals surface area contributed by atoms with Crippen molar-refractivity contribution >= 4 is 22.4 Å². The number of allylic oxidation sites excluding steroid dienone is 1. The van der Waals surface area contributed by atoms with Gasteiger partial charge in [-0.05, 0) is 46.9 Å². The first-order valence-electron chi connectivity index (χ1n) is 6.97. The Bertz CT molecular complexity index is 764. The Labute approximate surface area is 120 Å². The second kappa shape index (κ2) is 5.34. The van der Waals surface area contributed by atoms with Crippen LogP contribution < -0.4 is 0 Å². The van der Waals surface area contributed by atoms with Gasteiger partial charge >= 0.3 is 0 Å². The summed E-state index contributed by atoms with van der Waals surface area (Å²) >= 11 is 0. The van der Waals surface area contributed by atoms with Gasteiger partial charge in [-0.15, -0.1) is 0 Å². The maximum atomic E-state index is 2.27. The zero-order valence-corrected chi connectivity index (χ0v) is 11.9. The lowest BCUT2D eigenvalue weighted by atomic mass is 9.95. The molecule has 0 heterocycles. The Kier molecular flexibility index (Phi) is 3.39. The van der Waals surface area contributed by atoms with Crippen LogP contribution in [0.4, 0.5) is 0 Å². The number of fused-ring (bicyclic) bond motifs is 1. The molecule has 0 nitrogen and oxygen atoms in total. The summed E-state index contributed by atoms with van der Waals surface area (Å²) in [5, 5.41) is 2.63. The summed E-state index contributed by atoms with van der Waals surface area (Å²) in [5.74, 6) is 0. The largest absolute Gasteiger partial charge is 0.0622 e. The van der Waals surface area contributed by atoms with E-state index in [1.165, 1.54) is 33.0 Å². The van der Waals surface area contributed by atoms with E-state index < -0.39 is 0 Å². The van der Waals surface area contributed by atoms with Crippen molar-refractivity contribution in [2.24, 2.45) is 0 Å². The molecule has 0 aliphatic rings. The van der Waals surface area contributed by atoms with Crippen molar-refractivity contribution in [2.75, 3.05) is 0 Å². The molecular weight excluding hydrogens is 240 g/mol. The molecule has 0 atom stereocenters. The quantitative estimate of drug-likeness (QED) is 0.516. The minimum absolute atomic E-state index is 1.25. The minimum atomic E-state index is 1.25. The van der Waals surface area contributed by atoms with Crippen LogP contribution in [0.15, 0.2) is 66.7 Å². The summed E-state index contributed by atoms with van der Waals surface area (Å²) in [6, 6.07) is 23.6. The van der Waals surface area contributed by atoms with Crippen LogP contribution in [0.3, 0.4) is 0 Å². The molecule has 0 saturated carbocycles. The highest BCUT2D eigenvalue weighted by Gasteiger charge is 2.04. The van der Waals surface area contributed by atoms with Gasteiger partial charge in [0.25, 0.3) is 0 Å². The molecule has 0 bridgehead atoms. The van der Waals surface area contributed by atoms with Crippen LogP contribution in [0, 0.1) is 6.92 Å². The van der Waals surface area contributed by atoms with Gasteiger partial charge in [-0.3, -0.25) is 0 Å². The zero-order valence-electron chi connectivity index (χ0n) is 11.9. The van der Waals surface area contributed by atoms with Gasteiger partial charge in [0.1, 0.15) is 0 Å². The molecule has 0 aliphatic carbocycles. The summed E-state index contributed by atoms with van der Waals surface area (Å²) in [4.78, 5) is 0. The standard InChI is InChI=1S/C20H18/c1-15-12-18-10-6-7-11-19(18)20(13-15)16(2)14-17-8-4-3-5-9-17/h3-14H,1-2H3/b16-14+. The summed E-state index contributed by atoms with van der Waals surface area (Å²) in [5.41, 5.74) is 5.18. The van der Waals surface area contributed by atoms with E-state index >= 15 is 0 Å². The zero-order chi connectivity index (χ0) is 13.9. The third-order valence-electron chi connectivity index (χ3n) is 3.61. The Morgan fingerprint density at radius 2 is 1.55 bits per heavy atom. The van der Waals surface area contributed by atoms with Crippen molar-refractivity contribution in [3.8, 4) is 0 Å². The van der Waals surface area contributed by atoms with Crippen molar-refractivity contribution < 1.29 is 0 Å². The lowest BCUT2D eigenvalue weighted by molar-refractivity contribution is 1.47. The Balaban J connectivity index is 2.16. The number of rotatable bonds is 2. The molecule has 0 radical (unpaired) electrons. The minimum Gasteiger partial charge on any atom is -0.0622 e. The van der Waals surface area contributed by atoms with E-state index in [0.717, 1.165) is 0 Å². The SMILES string of the molecule is C/C(=C\c1ccccc1)c1cc(C)cc2ccccc12. The highest BCUT2D eigenvalue weighted by atomic mass is 14.1. The first-order valence-corrected chi connectivity index (χ1v) is 6.97. The van der Waals surface area contributed by atoms with E-state index in [9.17, 15) is 0 Å². The van der Waals surface area contributed by atoms with Crippen LogP contribution in [0.2, 0.25) is 0 Å². The smallest absolute Gasteiger partial charge is 0.0109 e. The van der Waals surface area contributed by atoms with Crippen LogP contribution in [-0.4, -0.2) is 0 Å². The Morgan fingerprint density at radius 3 is 2.35 bits per heavy atom. The van der Waals surface area contributed by atoms with E-state index in [0.29, 0.717) is 0 Å². The van der Waals surface area contributed by atoms with Gasteiger partial charge in [0.2, 0.25) is 0 Å². The van der Waals surface area contributed by atoms with Gasteiger partial charge in [-0.25, -0.2) is 0 Å². The average molecular weight is 258 g/mol. The molecule has 0 heteroatoms. The molecule has 3 aromatic rings. The molecule has 0 saturated heterocycles. The molecule has 0 amide bonds. The second-order valence-electron chi connectivity index (χ2n) is 5.27. The Hall–Kier alpha value is -2.34. The van der Waals surface area contributed by atoms with Crippen LogP contribution in [0.5, 0.6) is 0 Å². The predicted octanol–water partition coefficient (Wildman–Crippen LogP) is 5.71. The lowest BCUT2D eigenvalue weighted by Crippen LogP contribution is -1.86. The number of aryl methyl sites for hydroxylation is 1. The first-order chi connectivity index (χ1) is 9.74. The molecule has 0 unspecified atom stereocenters. The maximum absolute atomic E-state index is 2.27. The number of hydrogen-bond donors (Lipinski definition) is 0. The van der Waals surface area contributed by atoms with Crippen molar-refractivity contribution in [3.05, 3.63) is 83.4 Å². The summed E-state index contributed by atoms with van der Waals surface area (Å²) < 4.78 is 0. The molecule has 98 valence electrons. The van der Waals surface area contributed by atoms with Gasteiger partial charge in [-0.2, -0.15) is 0 Å². The Morgan fingerprint density at radius 1 is 0.850 bits per heavy atom. The van der Waals surface area contributed by atoms with Crippen molar-refractivity contribution in [2.45, 2.75) is 13.8 Å². The summed E-state index contributed by atoms with van der Waals surface area (Å²) in [6.07, 6.45) is 2.25. The van der Waals surface area contributed by atoms with Gasteiger partial charge in [0.05, 0.1) is 0 Å². The molecule has 3 rings (SSSR count). The highest BCUT2D eigenvalue weighted by molar-refractivity contribution is 5.97. The molecule has 20 heavy (non-hydrogen) atoms. The predicted molar refractivity (Wildman–Crippen MR) is 88.7 cm³/mol. The van der Waals surface area contributed by atoms with Crippen molar-refractivity contribution in [1.29, 1.82) is 0 Å². The van der Waals surface area contributed by atoms with E-state index in [1.54, 1.807) is 0 Å². The van der Waals surface area contributed by atoms with E-state index in [4.69, 9.17) is 0 Å². The maximum Gasteiger partial charge on any atom is -0.0109 e. The van der Waals surface area contributed by atoms with Gasteiger partial charge in [0, 0.05) is 0 Å². The third-order valence-corrected chi connectivity index (χ3v) is 3.61. The van der Waals surface area contributed by atoms with Gasteiger partial charge < -0.3 is 0 Å². The van der Waals surface area contributed by atoms with Crippen molar-refractivity contribution in [1.82, 2.24) is 0 Å². The molecule has 0 aromatic heterocycles. The van der Waals surface area contributed by atoms with Crippen LogP contribution in [0.1, 0.15) is 23.6 Å². The monoisotopic (exact) mass is 258 g/mol. The fraction of sp³-hybridized carbons (Fsp3) is 0.100. The first kappa shape index (κ1) is 12.7. The normalized spacial score (nSPS) is 11.8. The molecule has 0 aliphatic heterocycles. The summed E-state index contributed by atoms with van der Waals surface area (Å²) in [6.45, 7) is 4.35. The van der Waals surface area contributed by atoms with Crippen LogP contribution in [0.25, 0.3) is 22.4 Å². The lowest BCUT2D eigenvalue weighted by Gasteiger charge is -2.09. The van der Waals surface area contributed by atoms with Crippen molar-refractivity contribution in [3.63, 3.8) is 0 Å². The molecule has 3 aromatic carbocycles. The van der Waals surface area contributed by atoms with Crippen LogP contribution in [-0.2, 0) is 0 Å². The molecule has 0 fully saturated rings. The fourth-order valence-electron chi connectivity index (χ4n) is 2.66. The molecule has 0 N–H and O–H groups in total. The number of hydrogen-bond acceptors (Lipinski definition) is 0. The van der Waals surface area contributed by atoms with E-state index in [-0.39, 0.29) is 0 Å². The summed E-state index contributed by atoms with van der Waals surface area (Å²) in [7, 11) is 0. The van der Waals surface area contributed by atoms with Gasteiger partial charge in [0.15, 0.2) is 0 Å². The van der Waals surface area contributed by atoms with E-state index in [2.05, 4.69) is 86.7 Å².